The number of nitrogens with one attached hydrogen (secondary N) is 1. The fourth-order valence-electron chi connectivity index (χ4n) is 5.98. The molecule has 0 aromatic heterocycles. The Balaban J connectivity index is 1.68. The smallest absolute Gasteiger partial charge is 0.387 e. The van der Waals surface area contributed by atoms with E-state index in [0.29, 0.717) is 12.8 Å². The molecule has 1 aliphatic heterocycles. The summed E-state index contributed by atoms with van der Waals surface area (Å²) in [7, 11) is 0. The van der Waals surface area contributed by atoms with Crippen molar-refractivity contribution in [3.05, 3.63) is 81.9 Å². The molecule has 1 fully saturated rings. The van der Waals surface area contributed by atoms with E-state index < -0.39 is 52.0 Å². The number of aliphatic hydroxyl groups excluding tert-OH is 1. The summed E-state index contributed by atoms with van der Waals surface area (Å²) in [5.74, 6) is -4.75. The van der Waals surface area contributed by atoms with Crippen LogP contribution < -0.4 is 20.5 Å². The monoisotopic (exact) mass is 592 g/mol. The molecule has 2 aliphatic rings. The second-order valence-corrected chi connectivity index (χ2v) is 10.8. The van der Waals surface area contributed by atoms with Crippen LogP contribution in [0.4, 0.5) is 17.6 Å². The standard InChI is InChI=1S/C30H29ClF4N2O4/c1-15-23-22(41-30(15,16-5-3-2-4-6-16)14-37-17-7-9-18(38)10-8-17)13-20(32)26(31)25(23)24-19(28(36)39)11-12-21(27(24)33)40-29(34)35/h2-6,11-13,15,17-18,29,37-38H,7-10,14H2,1H3,(H2,36,39). The summed E-state index contributed by atoms with van der Waals surface area (Å²) >= 11 is 6.46. The van der Waals surface area contributed by atoms with Crippen molar-refractivity contribution in [1.29, 1.82) is 0 Å². The van der Waals surface area contributed by atoms with E-state index in [1.54, 1.807) is 0 Å². The minimum atomic E-state index is -3.36. The van der Waals surface area contributed by atoms with Crippen molar-refractivity contribution in [2.24, 2.45) is 5.73 Å². The summed E-state index contributed by atoms with van der Waals surface area (Å²) in [4.78, 5) is 12.4. The third kappa shape index (κ3) is 5.36. The highest BCUT2D eigenvalue weighted by atomic mass is 35.5. The molecule has 11 heteroatoms. The molecule has 1 saturated carbocycles. The largest absolute Gasteiger partial charge is 0.480 e. The van der Waals surface area contributed by atoms with Crippen molar-refractivity contribution in [2.75, 3.05) is 6.54 Å². The number of carbonyl (C=O) groups excluding carboxylic acids is 1. The Bertz CT molecular complexity index is 1450. The van der Waals surface area contributed by atoms with E-state index >= 15 is 8.78 Å². The average molecular weight is 593 g/mol. The topological polar surface area (TPSA) is 93.8 Å². The molecule has 0 saturated heterocycles. The predicted octanol–water partition coefficient (Wildman–Crippen LogP) is 6.27. The molecule has 5 rings (SSSR count). The number of primary amides is 1. The summed E-state index contributed by atoms with van der Waals surface area (Å²) in [6.07, 6.45) is 2.48. The molecular formula is C30H29ClF4N2O4. The van der Waals surface area contributed by atoms with Gasteiger partial charge in [-0.1, -0.05) is 48.9 Å². The minimum Gasteiger partial charge on any atom is -0.480 e. The van der Waals surface area contributed by atoms with E-state index in [1.165, 1.54) is 0 Å². The van der Waals surface area contributed by atoms with E-state index in [0.717, 1.165) is 36.6 Å². The first-order chi connectivity index (χ1) is 19.5. The lowest BCUT2D eigenvalue weighted by molar-refractivity contribution is -0.0521. The van der Waals surface area contributed by atoms with Crippen LogP contribution in [0.25, 0.3) is 11.1 Å². The molecule has 1 heterocycles. The molecule has 6 nitrogen and oxygen atoms in total. The maximum atomic E-state index is 15.9. The van der Waals surface area contributed by atoms with Crippen LogP contribution in [0.5, 0.6) is 11.5 Å². The number of hydrogen-bond donors (Lipinski definition) is 3. The van der Waals surface area contributed by atoms with Crippen LogP contribution in [0.3, 0.4) is 0 Å². The molecule has 2 unspecified atom stereocenters. The molecule has 0 spiro atoms. The van der Waals surface area contributed by atoms with Gasteiger partial charge >= 0.3 is 6.61 Å². The van der Waals surface area contributed by atoms with Crippen LogP contribution in [0.2, 0.25) is 5.02 Å². The van der Waals surface area contributed by atoms with E-state index in [9.17, 15) is 18.7 Å². The van der Waals surface area contributed by atoms with Gasteiger partial charge in [-0.05, 0) is 43.4 Å². The SMILES string of the molecule is CC1c2c(cc(F)c(Cl)c2-c2c(C(N)=O)ccc(OC(F)F)c2F)OC1(CNC1CCC(O)CC1)c1ccccc1. The zero-order valence-electron chi connectivity index (χ0n) is 22.1. The highest BCUT2D eigenvalue weighted by Crippen LogP contribution is 2.56. The van der Waals surface area contributed by atoms with Gasteiger partial charge in [0.2, 0.25) is 5.91 Å². The number of carbonyl (C=O) groups is 1. The number of amides is 1. The van der Waals surface area contributed by atoms with Crippen LogP contribution >= 0.6 is 11.6 Å². The van der Waals surface area contributed by atoms with E-state index in [-0.39, 0.29) is 41.1 Å². The summed E-state index contributed by atoms with van der Waals surface area (Å²) in [5.41, 5.74) is 4.29. The van der Waals surface area contributed by atoms with Gasteiger partial charge in [0, 0.05) is 41.3 Å². The van der Waals surface area contributed by atoms with Gasteiger partial charge in [0.05, 0.1) is 16.7 Å². The Morgan fingerprint density at radius 3 is 2.46 bits per heavy atom. The van der Waals surface area contributed by atoms with Crippen molar-refractivity contribution in [3.63, 3.8) is 0 Å². The lowest BCUT2D eigenvalue weighted by Gasteiger charge is -2.37. The number of benzene rings is 3. The van der Waals surface area contributed by atoms with Gasteiger partial charge in [-0.25, -0.2) is 8.78 Å². The zero-order valence-corrected chi connectivity index (χ0v) is 22.9. The number of alkyl halides is 2. The Labute approximate surface area is 239 Å². The van der Waals surface area contributed by atoms with Crippen LogP contribution in [-0.4, -0.2) is 36.3 Å². The molecule has 2 atom stereocenters. The highest BCUT2D eigenvalue weighted by molar-refractivity contribution is 6.34. The Kier molecular flexibility index (Phi) is 8.18. The number of aliphatic hydroxyl groups is 1. The normalized spacial score (nSPS) is 23.8. The Morgan fingerprint density at radius 1 is 1.15 bits per heavy atom. The number of nitrogens with two attached hydrogens (primary N) is 1. The van der Waals surface area contributed by atoms with Gasteiger partial charge in [-0.15, -0.1) is 0 Å². The van der Waals surface area contributed by atoms with Gasteiger partial charge in [0.15, 0.2) is 17.2 Å². The number of rotatable bonds is 8. The molecule has 0 bridgehead atoms. The third-order valence-electron chi connectivity index (χ3n) is 8.10. The van der Waals surface area contributed by atoms with Gasteiger partial charge in [0.25, 0.3) is 0 Å². The number of halogens is 5. The number of fused-ring (bicyclic) bond motifs is 1. The second-order valence-electron chi connectivity index (χ2n) is 10.5. The minimum absolute atomic E-state index is 0.0640. The van der Waals surface area contributed by atoms with E-state index in [2.05, 4.69) is 10.1 Å². The molecule has 1 aliphatic carbocycles. The first-order valence-corrected chi connectivity index (χ1v) is 13.7. The van der Waals surface area contributed by atoms with Crippen LogP contribution in [-0.2, 0) is 5.60 Å². The van der Waals surface area contributed by atoms with Crippen molar-refractivity contribution in [1.82, 2.24) is 5.32 Å². The maximum Gasteiger partial charge on any atom is 0.387 e. The predicted molar refractivity (Wildman–Crippen MR) is 145 cm³/mol. The van der Waals surface area contributed by atoms with Crippen molar-refractivity contribution < 1.29 is 36.9 Å². The Morgan fingerprint density at radius 2 is 1.83 bits per heavy atom. The maximum absolute atomic E-state index is 15.9. The molecule has 4 N–H and O–H groups in total. The van der Waals surface area contributed by atoms with Crippen molar-refractivity contribution in [3.8, 4) is 22.6 Å². The molecule has 41 heavy (non-hydrogen) atoms. The highest BCUT2D eigenvalue weighted by Gasteiger charge is 2.50. The lowest BCUT2D eigenvalue weighted by Crippen LogP contribution is -2.48. The molecule has 3 aromatic rings. The molecule has 218 valence electrons. The van der Waals surface area contributed by atoms with E-state index in [1.807, 2.05) is 37.3 Å². The van der Waals surface area contributed by atoms with Crippen LogP contribution in [0.15, 0.2) is 48.5 Å². The third-order valence-corrected chi connectivity index (χ3v) is 8.47. The fourth-order valence-corrected chi connectivity index (χ4v) is 6.23. The number of ether oxygens (including phenoxy) is 2. The number of hydrogen-bond acceptors (Lipinski definition) is 5. The quantitative estimate of drug-likeness (QED) is 0.268. The van der Waals surface area contributed by atoms with Crippen molar-refractivity contribution in [2.45, 2.75) is 62.9 Å². The van der Waals surface area contributed by atoms with Crippen molar-refractivity contribution >= 4 is 17.5 Å². The summed E-state index contributed by atoms with van der Waals surface area (Å²) in [5, 5.41) is 12.9. The zero-order chi connectivity index (χ0) is 29.5. The summed E-state index contributed by atoms with van der Waals surface area (Å²) in [6.45, 7) is -1.28. The molecule has 1 amide bonds. The van der Waals surface area contributed by atoms with Gasteiger partial charge in [0.1, 0.15) is 11.6 Å². The Hall–Kier alpha value is -3.34. The summed E-state index contributed by atoms with van der Waals surface area (Å²) < 4.78 is 68.2. The summed E-state index contributed by atoms with van der Waals surface area (Å²) in [6, 6.07) is 12.3. The van der Waals surface area contributed by atoms with Gasteiger partial charge in [-0.2, -0.15) is 8.78 Å². The first kappa shape index (κ1) is 29.2. The van der Waals surface area contributed by atoms with Crippen LogP contribution in [0.1, 0.15) is 60.0 Å². The molecular weight excluding hydrogens is 564 g/mol. The van der Waals surface area contributed by atoms with Gasteiger partial charge < -0.3 is 25.6 Å². The molecule has 0 radical (unpaired) electrons. The average Bonchev–Trinajstić information content (AvgIpc) is 3.22. The van der Waals surface area contributed by atoms with Gasteiger partial charge in [-0.3, -0.25) is 4.79 Å². The second kappa shape index (κ2) is 11.5. The molecule has 3 aromatic carbocycles. The lowest BCUT2D eigenvalue weighted by atomic mass is 9.77. The van der Waals surface area contributed by atoms with Crippen LogP contribution in [0, 0.1) is 11.6 Å². The van der Waals surface area contributed by atoms with E-state index in [4.69, 9.17) is 22.1 Å². The fraction of sp³-hybridized carbons (Fsp3) is 0.367. The first-order valence-electron chi connectivity index (χ1n) is 13.3.